The third-order valence-corrected chi connectivity index (χ3v) is 9.37. The third kappa shape index (κ3) is 5.47. The zero-order valence-corrected chi connectivity index (χ0v) is 23.7. The van der Waals surface area contributed by atoms with E-state index in [1.165, 1.54) is 44.2 Å². The summed E-state index contributed by atoms with van der Waals surface area (Å²) >= 11 is 17.9. The molecule has 4 aromatic rings. The normalized spacial score (nSPS) is 25.4. The topological polar surface area (TPSA) is 63.8 Å². The van der Waals surface area contributed by atoms with Crippen LogP contribution >= 0.6 is 34.8 Å². The van der Waals surface area contributed by atoms with Crippen LogP contribution in [-0.4, -0.2) is 22.1 Å². The smallest absolute Gasteiger partial charge is 0.0731 e. The SMILES string of the molecule is Clc1ccc2c(Cl)ccnc2c1.NCCCc1nc2cc(Cl)ccc2cc1NC12CC3CC(CC(C3)C1)C2. The molecule has 4 aliphatic rings. The summed E-state index contributed by atoms with van der Waals surface area (Å²) in [6, 6.07) is 15.5. The van der Waals surface area contributed by atoms with Gasteiger partial charge in [0.25, 0.3) is 0 Å². The van der Waals surface area contributed by atoms with Crippen molar-refractivity contribution in [2.45, 2.75) is 56.9 Å². The molecule has 4 fully saturated rings. The Morgan fingerprint density at radius 1 is 0.842 bits per heavy atom. The van der Waals surface area contributed by atoms with Gasteiger partial charge < -0.3 is 11.1 Å². The summed E-state index contributed by atoms with van der Waals surface area (Å²) < 4.78 is 0. The maximum atomic E-state index is 6.18. The number of nitrogens with one attached hydrogen (secondary N) is 1. The molecule has 4 saturated carbocycles. The minimum absolute atomic E-state index is 0.300. The molecule has 4 aliphatic carbocycles. The summed E-state index contributed by atoms with van der Waals surface area (Å²) in [5.74, 6) is 2.82. The maximum Gasteiger partial charge on any atom is 0.0731 e. The molecule has 0 aliphatic heterocycles. The molecular formula is C31H33Cl3N4. The van der Waals surface area contributed by atoms with Crippen LogP contribution in [-0.2, 0) is 6.42 Å². The van der Waals surface area contributed by atoms with E-state index in [4.69, 9.17) is 45.5 Å². The van der Waals surface area contributed by atoms with Gasteiger partial charge in [0.1, 0.15) is 0 Å². The summed E-state index contributed by atoms with van der Waals surface area (Å²) in [6.45, 7) is 0.700. The van der Waals surface area contributed by atoms with Crippen molar-refractivity contribution in [3.8, 4) is 0 Å². The lowest BCUT2D eigenvalue weighted by atomic mass is 9.53. The Bertz CT molecular complexity index is 1440. The number of fused-ring (bicyclic) bond motifs is 2. The molecular weight excluding hydrogens is 535 g/mol. The second-order valence-electron chi connectivity index (χ2n) is 11.5. The minimum atomic E-state index is 0.300. The Balaban J connectivity index is 0.000000184. The van der Waals surface area contributed by atoms with Crippen LogP contribution < -0.4 is 11.1 Å². The summed E-state index contributed by atoms with van der Waals surface area (Å²) in [6.07, 6.45) is 12.0. The fraction of sp³-hybridized carbons (Fsp3) is 0.419. The number of benzene rings is 2. The van der Waals surface area contributed by atoms with Gasteiger partial charge in [-0.05, 0) is 118 Å². The molecule has 0 spiro atoms. The highest BCUT2D eigenvalue weighted by molar-refractivity contribution is 6.36. The number of nitrogens with zero attached hydrogens (tertiary/aromatic N) is 2. The molecule has 0 radical (unpaired) electrons. The zero-order chi connectivity index (χ0) is 26.3. The van der Waals surface area contributed by atoms with Gasteiger partial charge in [-0.3, -0.25) is 9.97 Å². The summed E-state index contributed by atoms with van der Waals surface area (Å²) in [5, 5.41) is 8.26. The van der Waals surface area contributed by atoms with E-state index in [9.17, 15) is 0 Å². The molecule has 0 amide bonds. The van der Waals surface area contributed by atoms with E-state index in [-0.39, 0.29) is 0 Å². The van der Waals surface area contributed by atoms with Crippen molar-refractivity contribution >= 4 is 62.3 Å². The molecule has 2 aromatic carbocycles. The van der Waals surface area contributed by atoms with Crippen molar-refractivity contribution in [1.29, 1.82) is 0 Å². The number of anilines is 1. The van der Waals surface area contributed by atoms with Gasteiger partial charge in [0.15, 0.2) is 0 Å². The number of pyridine rings is 2. The molecule has 7 heteroatoms. The summed E-state index contributed by atoms with van der Waals surface area (Å²) in [4.78, 5) is 9.10. The molecule has 0 saturated heterocycles. The van der Waals surface area contributed by atoms with Gasteiger partial charge >= 0.3 is 0 Å². The van der Waals surface area contributed by atoms with Gasteiger partial charge in [0, 0.05) is 32.6 Å². The number of hydrogen-bond donors (Lipinski definition) is 2. The first-order valence-corrected chi connectivity index (χ1v) is 14.8. The number of halogens is 3. The first-order chi connectivity index (χ1) is 18.4. The van der Waals surface area contributed by atoms with E-state index in [1.807, 2.05) is 18.2 Å². The molecule has 4 bridgehead atoms. The van der Waals surface area contributed by atoms with Crippen LogP contribution in [0.25, 0.3) is 21.8 Å². The predicted octanol–water partition coefficient (Wildman–Crippen LogP) is 8.70. The fourth-order valence-corrected chi connectivity index (χ4v) is 7.93. The molecule has 2 aromatic heterocycles. The molecule has 198 valence electrons. The average Bonchev–Trinajstić information content (AvgIpc) is 2.87. The Hall–Kier alpha value is -2.11. The zero-order valence-electron chi connectivity index (χ0n) is 21.4. The lowest BCUT2D eigenvalue weighted by molar-refractivity contribution is 0.0107. The van der Waals surface area contributed by atoms with Gasteiger partial charge in [-0.25, -0.2) is 0 Å². The minimum Gasteiger partial charge on any atom is -0.378 e. The van der Waals surface area contributed by atoms with E-state index in [2.05, 4.69) is 22.4 Å². The van der Waals surface area contributed by atoms with Gasteiger partial charge in [-0.15, -0.1) is 0 Å². The number of nitrogens with two attached hydrogens (primary N) is 1. The molecule has 2 heterocycles. The van der Waals surface area contributed by atoms with Crippen LogP contribution in [0.2, 0.25) is 15.1 Å². The van der Waals surface area contributed by atoms with E-state index < -0.39 is 0 Å². The highest BCUT2D eigenvalue weighted by Crippen LogP contribution is 2.56. The highest BCUT2D eigenvalue weighted by Gasteiger charge is 2.51. The molecule has 4 nitrogen and oxygen atoms in total. The van der Waals surface area contributed by atoms with Crippen LogP contribution in [0.3, 0.4) is 0 Å². The summed E-state index contributed by atoms with van der Waals surface area (Å²) in [7, 11) is 0. The Kier molecular flexibility index (Phi) is 7.43. The largest absolute Gasteiger partial charge is 0.378 e. The molecule has 8 rings (SSSR count). The first-order valence-electron chi connectivity index (χ1n) is 13.7. The van der Waals surface area contributed by atoms with E-state index in [1.54, 1.807) is 24.4 Å². The van der Waals surface area contributed by atoms with Crippen LogP contribution in [0.4, 0.5) is 5.69 Å². The lowest BCUT2D eigenvalue weighted by Gasteiger charge is -2.57. The van der Waals surface area contributed by atoms with Crippen molar-refractivity contribution in [2.75, 3.05) is 11.9 Å². The Morgan fingerprint density at radius 3 is 2.18 bits per heavy atom. The van der Waals surface area contributed by atoms with Crippen LogP contribution in [0, 0.1) is 17.8 Å². The molecule has 38 heavy (non-hydrogen) atoms. The van der Waals surface area contributed by atoms with E-state index in [0.717, 1.165) is 63.1 Å². The Labute approximate surface area is 239 Å². The number of rotatable bonds is 5. The molecule has 3 N–H and O–H groups in total. The van der Waals surface area contributed by atoms with E-state index in [0.29, 0.717) is 22.1 Å². The molecule has 0 atom stereocenters. The standard InChI is InChI=1S/C22H28ClN3.C9H5Cl2N/c23-18-4-3-17-9-21(19(2-1-5-24)25-20(17)10-18)26-22-11-14-6-15(12-22)8-16(7-14)13-22;10-6-1-2-7-8(11)3-4-12-9(7)5-6/h3-4,9-10,14-16,26H,1-2,5-8,11-13,24H2;1-5H. The van der Waals surface area contributed by atoms with Gasteiger partial charge in [0.2, 0.25) is 0 Å². The third-order valence-electron chi connectivity index (χ3n) is 8.57. The van der Waals surface area contributed by atoms with Crippen molar-refractivity contribution in [3.63, 3.8) is 0 Å². The van der Waals surface area contributed by atoms with Gasteiger partial charge in [-0.1, -0.05) is 40.9 Å². The molecule has 0 unspecified atom stereocenters. The first kappa shape index (κ1) is 26.1. The van der Waals surface area contributed by atoms with Crippen LogP contribution in [0.5, 0.6) is 0 Å². The quantitative estimate of drug-likeness (QED) is 0.253. The van der Waals surface area contributed by atoms with Crippen molar-refractivity contribution in [2.24, 2.45) is 23.5 Å². The van der Waals surface area contributed by atoms with Crippen molar-refractivity contribution in [3.05, 3.63) is 75.5 Å². The average molecular weight is 568 g/mol. The number of aromatic nitrogens is 2. The maximum absolute atomic E-state index is 6.18. The second kappa shape index (κ2) is 10.8. The highest BCUT2D eigenvalue weighted by atomic mass is 35.5. The lowest BCUT2D eigenvalue weighted by Crippen LogP contribution is -2.54. The second-order valence-corrected chi connectivity index (χ2v) is 12.8. The predicted molar refractivity (Wildman–Crippen MR) is 160 cm³/mol. The number of aryl methyl sites for hydroxylation is 1. The van der Waals surface area contributed by atoms with Gasteiger partial charge in [0.05, 0.1) is 27.4 Å². The number of hydrogen-bond acceptors (Lipinski definition) is 4. The van der Waals surface area contributed by atoms with Crippen LogP contribution in [0.15, 0.2) is 54.7 Å². The fourth-order valence-electron chi connectivity index (χ4n) is 7.38. The van der Waals surface area contributed by atoms with Crippen LogP contribution in [0.1, 0.15) is 50.6 Å². The van der Waals surface area contributed by atoms with Crippen molar-refractivity contribution in [1.82, 2.24) is 9.97 Å². The van der Waals surface area contributed by atoms with Gasteiger partial charge in [-0.2, -0.15) is 0 Å². The Morgan fingerprint density at radius 2 is 1.50 bits per heavy atom. The van der Waals surface area contributed by atoms with Crippen molar-refractivity contribution < 1.29 is 0 Å². The summed E-state index contributed by atoms with van der Waals surface area (Å²) in [5.41, 5.74) is 10.3. The monoisotopic (exact) mass is 566 g/mol. The van der Waals surface area contributed by atoms with E-state index >= 15 is 0 Å².